The molecule has 0 aromatic heterocycles. The summed E-state index contributed by atoms with van der Waals surface area (Å²) in [6.45, 7) is -0.136. The smallest absolute Gasteiger partial charge is 0.264 e. The predicted octanol–water partition coefficient (Wildman–Crippen LogP) is 4.37. The van der Waals surface area contributed by atoms with Crippen molar-refractivity contribution in [1.82, 2.24) is 5.32 Å². The summed E-state index contributed by atoms with van der Waals surface area (Å²) in [5.41, 5.74) is 1.23. The first kappa shape index (κ1) is 24.1. The third-order valence-electron chi connectivity index (χ3n) is 5.63. The molecule has 0 atom stereocenters. The molecule has 0 saturated carbocycles. The van der Waals surface area contributed by atoms with Gasteiger partial charge >= 0.3 is 0 Å². The molecule has 8 heteroatoms. The number of carbonyl (C=O) groups is 1. The van der Waals surface area contributed by atoms with Crippen molar-refractivity contribution in [2.75, 3.05) is 25.1 Å². The summed E-state index contributed by atoms with van der Waals surface area (Å²) in [6, 6.07) is 26.5. The Morgan fingerprint density at radius 2 is 1.51 bits per heavy atom. The quantitative estimate of drug-likeness (QED) is 0.377. The lowest BCUT2D eigenvalue weighted by atomic mass is 10.0. The standard InChI is InChI=1S/C27H26N2O5S/c1-33-25-16-15-22(17-26(25)34-2)29(35(31,32)23-12-4-3-5-13-23)19-27(30)28-18-21-11-8-10-20-9-6-7-14-24(20)21/h3-17H,18-19H2,1-2H3,(H,28,30). The van der Waals surface area contributed by atoms with Gasteiger partial charge < -0.3 is 14.8 Å². The Hall–Kier alpha value is -4.04. The van der Waals surface area contributed by atoms with Crippen LogP contribution in [-0.2, 0) is 21.4 Å². The molecule has 0 bridgehead atoms. The first-order valence-electron chi connectivity index (χ1n) is 11.0. The van der Waals surface area contributed by atoms with Gasteiger partial charge in [0.1, 0.15) is 6.54 Å². The molecule has 0 aliphatic rings. The number of sulfonamides is 1. The molecule has 180 valence electrons. The van der Waals surface area contributed by atoms with E-state index >= 15 is 0 Å². The van der Waals surface area contributed by atoms with Crippen LogP contribution in [0.2, 0.25) is 0 Å². The lowest BCUT2D eigenvalue weighted by molar-refractivity contribution is -0.119. The summed E-state index contributed by atoms with van der Waals surface area (Å²) < 4.78 is 38.8. The van der Waals surface area contributed by atoms with E-state index in [-0.39, 0.29) is 17.1 Å². The van der Waals surface area contributed by atoms with Gasteiger partial charge in [0, 0.05) is 12.6 Å². The van der Waals surface area contributed by atoms with Crippen LogP contribution in [0.1, 0.15) is 5.56 Å². The van der Waals surface area contributed by atoms with Gasteiger partial charge in [-0.2, -0.15) is 0 Å². The van der Waals surface area contributed by atoms with Crippen LogP contribution >= 0.6 is 0 Å². The molecular formula is C27H26N2O5S. The van der Waals surface area contributed by atoms with Crippen molar-refractivity contribution in [3.8, 4) is 11.5 Å². The maximum atomic E-state index is 13.5. The summed E-state index contributed by atoms with van der Waals surface area (Å²) in [5.74, 6) is 0.371. The number of ether oxygens (including phenoxy) is 2. The number of hydrogen-bond acceptors (Lipinski definition) is 5. The van der Waals surface area contributed by atoms with Crippen LogP contribution in [0.4, 0.5) is 5.69 Å². The second kappa shape index (κ2) is 10.5. The topological polar surface area (TPSA) is 84.9 Å². The third-order valence-corrected chi connectivity index (χ3v) is 7.42. The summed E-state index contributed by atoms with van der Waals surface area (Å²) in [5, 5.41) is 4.96. The van der Waals surface area contributed by atoms with Crippen molar-refractivity contribution in [3.63, 3.8) is 0 Å². The Balaban J connectivity index is 1.63. The van der Waals surface area contributed by atoms with E-state index in [4.69, 9.17) is 9.47 Å². The van der Waals surface area contributed by atoms with Crippen LogP contribution in [0, 0.1) is 0 Å². The zero-order valence-corrected chi connectivity index (χ0v) is 20.3. The van der Waals surface area contributed by atoms with E-state index in [9.17, 15) is 13.2 Å². The number of amides is 1. The van der Waals surface area contributed by atoms with Crippen LogP contribution in [0.5, 0.6) is 11.5 Å². The van der Waals surface area contributed by atoms with E-state index in [0.29, 0.717) is 11.5 Å². The fourth-order valence-corrected chi connectivity index (χ4v) is 5.28. The highest BCUT2D eigenvalue weighted by molar-refractivity contribution is 7.92. The summed E-state index contributed by atoms with van der Waals surface area (Å²) in [7, 11) is -1.07. The number of nitrogens with zero attached hydrogens (tertiary/aromatic N) is 1. The fraction of sp³-hybridized carbons (Fsp3) is 0.148. The van der Waals surface area contributed by atoms with Crippen molar-refractivity contribution < 1.29 is 22.7 Å². The molecule has 4 aromatic rings. The first-order valence-corrected chi connectivity index (χ1v) is 12.4. The number of fused-ring (bicyclic) bond motifs is 1. The number of anilines is 1. The summed E-state index contributed by atoms with van der Waals surface area (Å²) >= 11 is 0. The maximum Gasteiger partial charge on any atom is 0.264 e. The second-order valence-corrected chi connectivity index (χ2v) is 9.64. The maximum absolute atomic E-state index is 13.5. The lowest BCUT2D eigenvalue weighted by Crippen LogP contribution is -2.40. The molecule has 0 aliphatic carbocycles. The molecule has 0 fully saturated rings. The van der Waals surface area contributed by atoms with E-state index in [2.05, 4.69) is 5.32 Å². The van der Waals surface area contributed by atoms with Gasteiger partial charge in [-0.05, 0) is 40.6 Å². The SMILES string of the molecule is COc1ccc(N(CC(=O)NCc2cccc3ccccc23)S(=O)(=O)c2ccccc2)cc1OC. The number of hydrogen-bond donors (Lipinski definition) is 1. The van der Waals surface area contributed by atoms with Crippen LogP contribution in [0.25, 0.3) is 10.8 Å². The van der Waals surface area contributed by atoms with Crippen LogP contribution in [0.15, 0.2) is 95.9 Å². The predicted molar refractivity (Wildman–Crippen MR) is 136 cm³/mol. The molecular weight excluding hydrogens is 464 g/mol. The van der Waals surface area contributed by atoms with Crippen molar-refractivity contribution >= 4 is 32.4 Å². The lowest BCUT2D eigenvalue weighted by Gasteiger charge is -2.25. The molecule has 7 nitrogen and oxygen atoms in total. The molecule has 1 amide bonds. The number of benzene rings is 4. The molecule has 4 rings (SSSR count). The van der Waals surface area contributed by atoms with Gasteiger partial charge in [-0.15, -0.1) is 0 Å². The molecule has 4 aromatic carbocycles. The van der Waals surface area contributed by atoms with Gasteiger partial charge in [-0.25, -0.2) is 8.42 Å². The Morgan fingerprint density at radius 3 is 2.26 bits per heavy atom. The third kappa shape index (κ3) is 5.22. The Morgan fingerprint density at radius 1 is 0.829 bits per heavy atom. The normalized spacial score (nSPS) is 11.1. The highest BCUT2D eigenvalue weighted by atomic mass is 32.2. The Labute approximate surface area is 205 Å². The van der Waals surface area contributed by atoms with E-state index in [1.165, 1.54) is 32.4 Å². The fourth-order valence-electron chi connectivity index (χ4n) is 3.84. The van der Waals surface area contributed by atoms with E-state index in [0.717, 1.165) is 20.6 Å². The molecule has 0 radical (unpaired) electrons. The van der Waals surface area contributed by atoms with Crippen LogP contribution in [-0.4, -0.2) is 35.1 Å². The Bertz CT molecular complexity index is 1430. The van der Waals surface area contributed by atoms with Gasteiger partial charge in [0.05, 0.1) is 24.8 Å². The van der Waals surface area contributed by atoms with Crippen molar-refractivity contribution in [2.24, 2.45) is 0 Å². The summed E-state index contributed by atoms with van der Waals surface area (Å²) in [4.78, 5) is 13.1. The molecule has 0 saturated heterocycles. The van der Waals surface area contributed by atoms with Crippen molar-refractivity contribution in [3.05, 3.63) is 96.6 Å². The average molecular weight is 491 g/mol. The molecule has 0 heterocycles. The Kier molecular flexibility index (Phi) is 7.22. The highest BCUT2D eigenvalue weighted by Gasteiger charge is 2.28. The molecule has 0 aliphatic heterocycles. The summed E-state index contributed by atoms with van der Waals surface area (Å²) in [6.07, 6.45) is 0. The van der Waals surface area contributed by atoms with Gasteiger partial charge in [-0.1, -0.05) is 60.7 Å². The monoisotopic (exact) mass is 490 g/mol. The zero-order valence-electron chi connectivity index (χ0n) is 19.5. The van der Waals surface area contributed by atoms with Gasteiger partial charge in [0.15, 0.2) is 11.5 Å². The second-order valence-electron chi connectivity index (χ2n) is 7.78. The first-order chi connectivity index (χ1) is 16.9. The van der Waals surface area contributed by atoms with Gasteiger partial charge in [0.25, 0.3) is 10.0 Å². The molecule has 0 spiro atoms. The minimum Gasteiger partial charge on any atom is -0.493 e. The van der Waals surface area contributed by atoms with E-state index in [1.807, 2.05) is 42.5 Å². The largest absolute Gasteiger partial charge is 0.493 e. The van der Waals surface area contributed by atoms with Crippen LogP contribution in [0.3, 0.4) is 0 Å². The number of carbonyl (C=O) groups excluding carboxylic acids is 1. The average Bonchev–Trinajstić information content (AvgIpc) is 2.90. The van der Waals surface area contributed by atoms with Gasteiger partial charge in [-0.3, -0.25) is 9.10 Å². The van der Waals surface area contributed by atoms with Crippen LogP contribution < -0.4 is 19.1 Å². The molecule has 1 N–H and O–H groups in total. The number of nitrogens with one attached hydrogen (secondary N) is 1. The zero-order chi connectivity index (χ0) is 24.8. The number of rotatable bonds is 9. The van der Waals surface area contributed by atoms with Gasteiger partial charge in [0.2, 0.25) is 5.91 Å². The van der Waals surface area contributed by atoms with Crippen molar-refractivity contribution in [2.45, 2.75) is 11.4 Å². The highest BCUT2D eigenvalue weighted by Crippen LogP contribution is 2.33. The van der Waals surface area contributed by atoms with E-state index < -0.39 is 22.5 Å². The van der Waals surface area contributed by atoms with Crippen molar-refractivity contribution in [1.29, 1.82) is 0 Å². The molecule has 35 heavy (non-hydrogen) atoms. The van der Waals surface area contributed by atoms with E-state index in [1.54, 1.807) is 30.3 Å². The minimum absolute atomic E-state index is 0.0802. The molecule has 0 unspecified atom stereocenters. The minimum atomic E-state index is -4.04. The number of methoxy groups -OCH3 is 2.